The lowest BCUT2D eigenvalue weighted by Crippen LogP contribution is -2.50. The lowest BCUT2D eigenvalue weighted by molar-refractivity contribution is -0.142. The van der Waals surface area contributed by atoms with Crippen LogP contribution in [0.4, 0.5) is 4.39 Å². The Morgan fingerprint density at radius 1 is 1.11 bits per heavy atom. The molecule has 2 amide bonds. The van der Waals surface area contributed by atoms with Gasteiger partial charge in [-0.05, 0) is 63.1 Å². The number of aryl methyl sites for hydroxylation is 1. The SMILES string of the molecule is Cc1cccc(OCC(=O)N(Cc2ccc(F)cc2)C(C)C(=O)NC(C)C)c1. The first-order valence-electron chi connectivity index (χ1n) is 9.30. The minimum absolute atomic E-state index is 0.0405. The van der Waals surface area contributed by atoms with Crippen LogP contribution in [0.3, 0.4) is 0 Å². The van der Waals surface area contributed by atoms with E-state index in [0.29, 0.717) is 5.75 Å². The summed E-state index contributed by atoms with van der Waals surface area (Å²) in [4.78, 5) is 26.8. The average Bonchev–Trinajstić information content (AvgIpc) is 2.64. The summed E-state index contributed by atoms with van der Waals surface area (Å²) in [5, 5.41) is 2.82. The summed E-state index contributed by atoms with van der Waals surface area (Å²) in [5.41, 5.74) is 1.76. The molecule has 1 atom stereocenters. The van der Waals surface area contributed by atoms with E-state index in [1.807, 2.05) is 39.0 Å². The molecule has 0 heterocycles. The van der Waals surface area contributed by atoms with Crippen LogP contribution in [-0.4, -0.2) is 35.4 Å². The molecule has 1 unspecified atom stereocenters. The molecule has 2 rings (SSSR count). The topological polar surface area (TPSA) is 58.6 Å². The number of benzene rings is 2. The molecular formula is C22H27FN2O3. The summed E-state index contributed by atoms with van der Waals surface area (Å²) in [6.45, 7) is 7.32. The van der Waals surface area contributed by atoms with Crippen molar-refractivity contribution in [2.45, 2.75) is 46.3 Å². The lowest BCUT2D eigenvalue weighted by atomic mass is 10.1. The molecule has 0 aliphatic carbocycles. The van der Waals surface area contributed by atoms with Gasteiger partial charge in [0, 0.05) is 12.6 Å². The number of hydrogen-bond donors (Lipinski definition) is 1. The molecule has 150 valence electrons. The van der Waals surface area contributed by atoms with Crippen LogP contribution in [0.15, 0.2) is 48.5 Å². The summed E-state index contributed by atoms with van der Waals surface area (Å²) in [5.74, 6) is -0.331. The van der Waals surface area contributed by atoms with Gasteiger partial charge in [0.05, 0.1) is 0 Å². The maximum absolute atomic E-state index is 13.2. The van der Waals surface area contributed by atoms with E-state index in [9.17, 15) is 14.0 Å². The second-order valence-electron chi connectivity index (χ2n) is 7.09. The number of hydrogen-bond acceptors (Lipinski definition) is 3. The second kappa shape index (κ2) is 9.88. The van der Waals surface area contributed by atoms with Gasteiger partial charge in [-0.25, -0.2) is 4.39 Å². The van der Waals surface area contributed by atoms with Gasteiger partial charge in [0.2, 0.25) is 5.91 Å². The van der Waals surface area contributed by atoms with Crippen molar-refractivity contribution in [2.24, 2.45) is 0 Å². The number of nitrogens with one attached hydrogen (secondary N) is 1. The quantitative estimate of drug-likeness (QED) is 0.756. The maximum Gasteiger partial charge on any atom is 0.261 e. The van der Waals surface area contributed by atoms with Gasteiger partial charge in [-0.15, -0.1) is 0 Å². The van der Waals surface area contributed by atoms with Crippen molar-refractivity contribution in [1.82, 2.24) is 10.2 Å². The monoisotopic (exact) mass is 386 g/mol. The normalized spacial score (nSPS) is 11.8. The standard InChI is InChI=1S/C22H27FN2O3/c1-15(2)24-22(27)17(4)25(13-18-8-10-19(23)11-9-18)21(26)14-28-20-7-5-6-16(3)12-20/h5-12,15,17H,13-14H2,1-4H3,(H,24,27). The van der Waals surface area contributed by atoms with Gasteiger partial charge in [-0.2, -0.15) is 0 Å². The first kappa shape index (κ1) is 21.4. The summed E-state index contributed by atoms with van der Waals surface area (Å²) in [7, 11) is 0. The lowest BCUT2D eigenvalue weighted by Gasteiger charge is -2.29. The van der Waals surface area contributed by atoms with E-state index >= 15 is 0 Å². The molecule has 0 radical (unpaired) electrons. The van der Waals surface area contributed by atoms with Gasteiger partial charge in [-0.1, -0.05) is 24.3 Å². The third-order valence-electron chi connectivity index (χ3n) is 4.22. The summed E-state index contributed by atoms with van der Waals surface area (Å²) < 4.78 is 18.8. The molecule has 0 saturated heterocycles. The van der Waals surface area contributed by atoms with Crippen LogP contribution in [0.25, 0.3) is 0 Å². The summed E-state index contributed by atoms with van der Waals surface area (Å²) in [6, 6.07) is 12.5. The number of rotatable bonds is 8. The van der Waals surface area contributed by atoms with Gasteiger partial charge in [0.1, 0.15) is 17.6 Å². The van der Waals surface area contributed by atoms with Crippen molar-refractivity contribution in [1.29, 1.82) is 0 Å². The highest BCUT2D eigenvalue weighted by molar-refractivity contribution is 5.88. The molecule has 2 aromatic carbocycles. The van der Waals surface area contributed by atoms with Crippen molar-refractivity contribution in [3.8, 4) is 5.75 Å². The van der Waals surface area contributed by atoms with Crippen LogP contribution in [0.1, 0.15) is 31.9 Å². The van der Waals surface area contributed by atoms with Crippen molar-refractivity contribution < 1.29 is 18.7 Å². The predicted molar refractivity (Wildman–Crippen MR) is 106 cm³/mol. The highest BCUT2D eigenvalue weighted by Gasteiger charge is 2.26. The van der Waals surface area contributed by atoms with E-state index in [2.05, 4.69) is 5.32 Å². The van der Waals surface area contributed by atoms with Gasteiger partial charge >= 0.3 is 0 Å². The Hall–Kier alpha value is -2.89. The molecule has 0 spiro atoms. The van der Waals surface area contributed by atoms with Crippen molar-refractivity contribution in [2.75, 3.05) is 6.61 Å². The largest absolute Gasteiger partial charge is 0.484 e. The highest BCUT2D eigenvalue weighted by Crippen LogP contribution is 2.14. The van der Waals surface area contributed by atoms with Crippen LogP contribution in [0.5, 0.6) is 5.75 Å². The zero-order chi connectivity index (χ0) is 20.7. The van der Waals surface area contributed by atoms with E-state index in [-0.39, 0.29) is 36.8 Å². The average molecular weight is 386 g/mol. The minimum Gasteiger partial charge on any atom is -0.484 e. The van der Waals surface area contributed by atoms with Crippen molar-refractivity contribution in [3.05, 3.63) is 65.5 Å². The van der Waals surface area contributed by atoms with Gasteiger partial charge in [0.15, 0.2) is 6.61 Å². The Kier molecular flexibility index (Phi) is 7.55. The van der Waals surface area contributed by atoms with Crippen LogP contribution in [-0.2, 0) is 16.1 Å². The Labute approximate surface area is 165 Å². The summed E-state index contributed by atoms with van der Waals surface area (Å²) >= 11 is 0. The number of nitrogens with zero attached hydrogens (tertiary/aromatic N) is 1. The number of halogens is 1. The Balaban J connectivity index is 2.14. The van der Waals surface area contributed by atoms with Gasteiger partial charge < -0.3 is 15.0 Å². The Morgan fingerprint density at radius 3 is 2.39 bits per heavy atom. The van der Waals surface area contributed by atoms with Crippen LogP contribution < -0.4 is 10.1 Å². The second-order valence-corrected chi connectivity index (χ2v) is 7.09. The van der Waals surface area contributed by atoms with E-state index in [1.54, 1.807) is 25.1 Å². The fraction of sp³-hybridized carbons (Fsp3) is 0.364. The molecule has 0 aliphatic rings. The van der Waals surface area contributed by atoms with Crippen LogP contribution in [0, 0.1) is 12.7 Å². The molecular weight excluding hydrogens is 359 g/mol. The van der Waals surface area contributed by atoms with Gasteiger partial charge in [0.25, 0.3) is 5.91 Å². The first-order valence-corrected chi connectivity index (χ1v) is 9.30. The Bertz CT molecular complexity index is 806. The zero-order valence-electron chi connectivity index (χ0n) is 16.7. The summed E-state index contributed by atoms with van der Waals surface area (Å²) in [6.07, 6.45) is 0. The molecule has 0 bridgehead atoms. The minimum atomic E-state index is -0.693. The predicted octanol–water partition coefficient (Wildman–Crippen LogP) is 3.45. The number of carbonyl (C=O) groups excluding carboxylic acids is 2. The van der Waals surface area contributed by atoms with Gasteiger partial charge in [-0.3, -0.25) is 9.59 Å². The molecule has 28 heavy (non-hydrogen) atoms. The number of ether oxygens (including phenoxy) is 1. The fourth-order valence-electron chi connectivity index (χ4n) is 2.71. The van der Waals surface area contributed by atoms with Crippen LogP contribution in [0.2, 0.25) is 0 Å². The molecule has 2 aromatic rings. The van der Waals surface area contributed by atoms with E-state index < -0.39 is 6.04 Å². The Morgan fingerprint density at radius 2 is 1.79 bits per heavy atom. The molecule has 0 aromatic heterocycles. The number of carbonyl (C=O) groups is 2. The molecule has 5 nitrogen and oxygen atoms in total. The van der Waals surface area contributed by atoms with Crippen LogP contribution >= 0.6 is 0 Å². The van der Waals surface area contributed by atoms with E-state index in [4.69, 9.17) is 4.74 Å². The first-order chi connectivity index (χ1) is 13.3. The maximum atomic E-state index is 13.2. The van der Waals surface area contributed by atoms with E-state index in [0.717, 1.165) is 11.1 Å². The molecule has 1 N–H and O–H groups in total. The number of amides is 2. The molecule has 6 heteroatoms. The fourth-order valence-corrected chi connectivity index (χ4v) is 2.71. The third-order valence-corrected chi connectivity index (χ3v) is 4.22. The smallest absolute Gasteiger partial charge is 0.261 e. The zero-order valence-corrected chi connectivity index (χ0v) is 16.7. The molecule has 0 saturated carbocycles. The highest BCUT2D eigenvalue weighted by atomic mass is 19.1. The van der Waals surface area contributed by atoms with E-state index in [1.165, 1.54) is 17.0 Å². The molecule has 0 fully saturated rings. The molecule has 0 aliphatic heterocycles. The van der Waals surface area contributed by atoms with Crippen molar-refractivity contribution >= 4 is 11.8 Å². The third kappa shape index (κ3) is 6.37. The van der Waals surface area contributed by atoms with Crippen molar-refractivity contribution in [3.63, 3.8) is 0 Å².